The second kappa shape index (κ2) is 12.3. The molecule has 2 bridgehead atoms. The largest absolute Gasteiger partial charge is 0.0821 e. The Morgan fingerprint density at radius 1 is 0.659 bits per heavy atom. The van der Waals surface area contributed by atoms with E-state index in [1.165, 1.54) is 44.9 Å². The molecule has 0 aromatic rings. The van der Waals surface area contributed by atoms with Gasteiger partial charge < -0.3 is 0 Å². The van der Waals surface area contributed by atoms with Gasteiger partial charge in [0, 0.05) is 19.7 Å². The molecule has 0 aromatic heterocycles. The maximum atomic E-state index is 2.72. The van der Waals surface area contributed by atoms with Gasteiger partial charge in [0.2, 0.25) is 0 Å². The Hall–Kier alpha value is -0.910. The van der Waals surface area contributed by atoms with Crippen LogP contribution >= 0.6 is 0 Å². The Morgan fingerprint density at radius 2 is 1.18 bits per heavy atom. The first-order chi connectivity index (χ1) is 18.7. The maximum Gasteiger partial charge on any atom is 0 e. The van der Waals surface area contributed by atoms with Crippen molar-refractivity contribution in [3.63, 3.8) is 0 Å². The molecule has 0 nitrogen and oxygen atoms in total. The van der Waals surface area contributed by atoms with E-state index in [0.717, 1.165) is 71.0 Å². The molecule has 4 fully saturated rings. The van der Waals surface area contributed by atoms with Gasteiger partial charge in [-0.2, -0.15) is 0 Å². The smallest absolute Gasteiger partial charge is 0 e. The molecule has 0 aromatic carbocycles. The van der Waals surface area contributed by atoms with Crippen LogP contribution in [0.25, 0.3) is 0 Å². The molecule has 4 saturated carbocycles. The van der Waals surface area contributed by atoms with Crippen LogP contribution in [-0.2, 0) is 0 Å². The van der Waals surface area contributed by atoms with Crippen LogP contribution in [0.4, 0.5) is 0 Å². The summed E-state index contributed by atoms with van der Waals surface area (Å²) >= 11 is 0. The van der Waals surface area contributed by atoms with Crippen LogP contribution in [0.5, 0.6) is 0 Å². The lowest BCUT2D eigenvalue weighted by Crippen LogP contribution is -2.34. The first kappa shape index (κ1) is 37.5. The highest BCUT2D eigenvalue weighted by Gasteiger charge is 2.66. The van der Waals surface area contributed by atoms with Gasteiger partial charge in [0.25, 0.3) is 0 Å². The summed E-state index contributed by atoms with van der Waals surface area (Å²) in [6.07, 6.45) is 20.6. The average molecular weight is 601 g/mol. The minimum absolute atomic E-state index is 0. The minimum atomic E-state index is 0. The van der Waals surface area contributed by atoms with E-state index in [9.17, 15) is 0 Å². The number of allylic oxidation sites excluding steroid dienone is 8. The first-order valence-corrected chi connectivity index (χ1v) is 17.4. The standard InChI is InChI=1S/2C20H30.2CH4.2B.2H2/c1-12-6-15-11-20(10-13(2)8-16(20)7-12)14(3)9-17-18(15)19(17,4)5;1-11-6-14-7-12(2)9-16-18(15(14)8-11)13(3)10-17-19(16)20(17,4)5;;;;;;/h6,10,14-18H,7-9,11H2,1-5H3;8-9,13-19H,6-7,10H2,1-5H3;2*1H4;;;2*1H/t14?,15?,16?,17?,18?,20-;;;;;;;/m1......./s1/i;;;;;;2*1+1. The zero-order valence-corrected chi connectivity index (χ0v) is 28.8. The fourth-order valence-corrected chi connectivity index (χ4v) is 13.2. The van der Waals surface area contributed by atoms with E-state index in [1.54, 1.807) is 22.3 Å². The molecular weight excluding hydrogens is 526 g/mol. The van der Waals surface area contributed by atoms with Gasteiger partial charge in [-0.25, -0.2) is 0 Å². The molecule has 8 aliphatic carbocycles. The van der Waals surface area contributed by atoms with Gasteiger partial charge in [0.1, 0.15) is 0 Å². The van der Waals surface area contributed by atoms with Crippen LogP contribution in [0.3, 0.4) is 0 Å². The third kappa shape index (κ3) is 5.55. The summed E-state index contributed by atoms with van der Waals surface area (Å²) in [5.41, 5.74) is 8.46. The summed E-state index contributed by atoms with van der Waals surface area (Å²) < 4.78 is 0. The van der Waals surface area contributed by atoms with Crippen LogP contribution in [0.2, 0.25) is 0 Å². The summed E-state index contributed by atoms with van der Waals surface area (Å²) in [7, 11) is 0. The number of rotatable bonds is 0. The Bertz CT molecular complexity index is 1200. The van der Waals surface area contributed by atoms with E-state index in [4.69, 9.17) is 0 Å². The van der Waals surface area contributed by atoms with Crippen LogP contribution in [0.1, 0.15) is 132 Å². The van der Waals surface area contributed by atoms with Gasteiger partial charge >= 0.3 is 0 Å². The molecule has 6 radical (unpaired) electrons. The van der Waals surface area contributed by atoms with Gasteiger partial charge in [-0.05, 0) is 160 Å². The van der Waals surface area contributed by atoms with Crippen LogP contribution < -0.4 is 0 Å². The van der Waals surface area contributed by atoms with E-state index < -0.39 is 0 Å². The molecule has 0 amide bonds. The summed E-state index contributed by atoms with van der Waals surface area (Å²) in [4.78, 5) is 0. The summed E-state index contributed by atoms with van der Waals surface area (Å²) in [5, 5.41) is 0. The quantitative estimate of drug-likeness (QED) is 0.192. The molecule has 0 aliphatic heterocycles. The molecular formula is C42H72B2. The zero-order valence-electron chi connectivity index (χ0n) is 28.8. The SMILES string of the molecule is C.C.CC1=CC2C(C1)CC(C)=CC1C2C(C)CC2C1C2(C)C.CC1=CC2C[C@]3(C=C(C)CC3C1)C(C)CC1C2C1(C)C.[2HH].[2HH].[B].[B]. The second-order valence-corrected chi connectivity index (χ2v) is 18.3. The minimum Gasteiger partial charge on any atom is -0.0821 e. The van der Waals surface area contributed by atoms with Gasteiger partial charge in [0.05, 0.1) is 0 Å². The molecule has 12 unspecified atom stereocenters. The lowest BCUT2D eigenvalue weighted by molar-refractivity contribution is 0.120. The van der Waals surface area contributed by atoms with E-state index in [2.05, 4.69) is 93.5 Å². The molecule has 0 saturated heterocycles. The summed E-state index contributed by atoms with van der Waals surface area (Å²) in [6, 6.07) is 0. The monoisotopic (exact) mass is 601 g/mol. The second-order valence-electron chi connectivity index (χ2n) is 18.3. The Kier molecular flexibility index (Phi) is 10.5. The fourth-order valence-electron chi connectivity index (χ4n) is 13.2. The van der Waals surface area contributed by atoms with Crippen molar-refractivity contribution >= 4 is 16.8 Å². The van der Waals surface area contributed by atoms with Crippen molar-refractivity contribution in [1.82, 2.24) is 0 Å². The van der Waals surface area contributed by atoms with E-state index in [0.29, 0.717) is 16.2 Å². The van der Waals surface area contributed by atoms with Crippen molar-refractivity contribution in [2.75, 3.05) is 0 Å². The van der Waals surface area contributed by atoms with Gasteiger partial charge in [-0.1, -0.05) is 103 Å². The molecule has 2 heteroatoms. The fraction of sp³-hybridized carbons (Fsp3) is 0.810. The van der Waals surface area contributed by atoms with E-state index in [1.807, 2.05) is 0 Å². The molecule has 44 heavy (non-hydrogen) atoms. The van der Waals surface area contributed by atoms with Crippen LogP contribution in [0, 0.1) is 87.3 Å². The summed E-state index contributed by atoms with van der Waals surface area (Å²) in [6.45, 7) is 24.7. The predicted octanol–water partition coefficient (Wildman–Crippen LogP) is 12.1. The molecule has 246 valence electrons. The number of hydrogen-bond donors (Lipinski definition) is 0. The number of fused-ring (bicyclic) bond motifs is 8. The molecule has 8 rings (SSSR count). The number of hydrogen-bond acceptors (Lipinski definition) is 0. The van der Waals surface area contributed by atoms with Gasteiger partial charge in [-0.15, -0.1) is 0 Å². The normalized spacial score (nSPS) is 47.4. The third-order valence-electron chi connectivity index (χ3n) is 15.0. The van der Waals surface area contributed by atoms with Crippen molar-refractivity contribution in [2.45, 2.75) is 129 Å². The highest BCUT2D eigenvalue weighted by Crippen LogP contribution is 2.73. The highest BCUT2D eigenvalue weighted by molar-refractivity contribution is 5.76. The molecule has 13 atom stereocenters. The predicted molar refractivity (Wildman–Crippen MR) is 200 cm³/mol. The van der Waals surface area contributed by atoms with Gasteiger partial charge in [0.15, 0.2) is 0 Å². The third-order valence-corrected chi connectivity index (χ3v) is 15.0. The lowest BCUT2D eigenvalue weighted by Gasteiger charge is -2.40. The maximum absolute atomic E-state index is 2.72. The highest BCUT2D eigenvalue weighted by atomic mass is 14.7. The summed E-state index contributed by atoms with van der Waals surface area (Å²) in [5.74, 6) is 11.1. The van der Waals surface area contributed by atoms with Crippen LogP contribution in [0.15, 0.2) is 46.6 Å². The van der Waals surface area contributed by atoms with Crippen molar-refractivity contribution < 1.29 is 2.85 Å². The van der Waals surface area contributed by atoms with Gasteiger partial charge in [-0.3, -0.25) is 0 Å². The molecule has 0 N–H and O–H groups in total. The molecule has 8 aliphatic rings. The topological polar surface area (TPSA) is 0 Å². The van der Waals surface area contributed by atoms with Crippen molar-refractivity contribution in [2.24, 2.45) is 87.3 Å². The Morgan fingerprint density at radius 3 is 1.82 bits per heavy atom. The Balaban J connectivity index is 0.000000407. The molecule has 0 heterocycles. The van der Waals surface area contributed by atoms with Crippen molar-refractivity contribution in [3.05, 3.63) is 46.6 Å². The van der Waals surface area contributed by atoms with E-state index >= 15 is 0 Å². The van der Waals surface area contributed by atoms with Crippen molar-refractivity contribution in [1.29, 1.82) is 0 Å². The Labute approximate surface area is 282 Å². The van der Waals surface area contributed by atoms with Crippen molar-refractivity contribution in [3.8, 4) is 0 Å². The first-order valence-electron chi connectivity index (χ1n) is 17.4. The average Bonchev–Trinajstić information content (AvgIpc) is 3.50. The zero-order chi connectivity index (χ0) is 28.5. The molecule has 1 spiro atoms. The van der Waals surface area contributed by atoms with E-state index in [-0.39, 0.29) is 34.5 Å². The lowest BCUT2D eigenvalue weighted by atomic mass is 9.63. The van der Waals surface area contributed by atoms with Crippen LogP contribution in [-0.4, -0.2) is 16.8 Å².